The third-order valence-corrected chi connectivity index (χ3v) is 2.31. The van der Waals surface area contributed by atoms with Crippen LogP contribution >= 0.6 is 0 Å². The van der Waals surface area contributed by atoms with E-state index in [0.29, 0.717) is 13.0 Å². The lowest BCUT2D eigenvalue weighted by Crippen LogP contribution is -2.48. The van der Waals surface area contributed by atoms with Gasteiger partial charge in [0.05, 0.1) is 7.11 Å². The van der Waals surface area contributed by atoms with Crippen molar-refractivity contribution in [3.8, 4) is 0 Å². The molecule has 0 spiro atoms. The van der Waals surface area contributed by atoms with Crippen LogP contribution in [0.15, 0.2) is 12.2 Å². The number of hydrogen-bond acceptors (Lipinski definition) is 4. The molecule has 1 amide bonds. The fourth-order valence-corrected chi connectivity index (χ4v) is 1.55. The van der Waals surface area contributed by atoms with E-state index < -0.39 is 23.7 Å². The lowest BCUT2D eigenvalue weighted by molar-refractivity contribution is -0.146. The second kappa shape index (κ2) is 5.21. The molecule has 96 valence electrons. The van der Waals surface area contributed by atoms with Crippen molar-refractivity contribution in [1.29, 1.82) is 0 Å². The van der Waals surface area contributed by atoms with Crippen LogP contribution in [0.5, 0.6) is 0 Å². The highest BCUT2D eigenvalue weighted by molar-refractivity contribution is 5.82. The van der Waals surface area contributed by atoms with E-state index in [-0.39, 0.29) is 0 Å². The van der Waals surface area contributed by atoms with Gasteiger partial charge in [0, 0.05) is 6.54 Å². The van der Waals surface area contributed by atoms with Crippen LogP contribution in [-0.2, 0) is 14.3 Å². The number of esters is 1. The minimum Gasteiger partial charge on any atom is -0.467 e. The van der Waals surface area contributed by atoms with Crippen molar-refractivity contribution in [2.75, 3.05) is 13.7 Å². The summed E-state index contributed by atoms with van der Waals surface area (Å²) in [6, 6.07) is -0.583. The van der Waals surface area contributed by atoms with E-state index in [1.54, 1.807) is 20.8 Å². The van der Waals surface area contributed by atoms with E-state index in [9.17, 15) is 9.59 Å². The maximum absolute atomic E-state index is 11.9. The third-order valence-electron chi connectivity index (χ3n) is 2.31. The molecule has 0 bridgehead atoms. The fraction of sp³-hybridized carbons (Fsp3) is 0.667. The molecule has 0 aromatic heterocycles. The number of carbonyl (C=O) groups excluding carboxylic acids is 2. The van der Waals surface area contributed by atoms with Gasteiger partial charge in [-0.3, -0.25) is 4.90 Å². The molecule has 5 nitrogen and oxygen atoms in total. The molecule has 0 aromatic carbocycles. The first-order valence-corrected chi connectivity index (χ1v) is 5.57. The van der Waals surface area contributed by atoms with Gasteiger partial charge in [0.2, 0.25) is 0 Å². The zero-order chi connectivity index (χ0) is 13.1. The molecule has 1 unspecified atom stereocenters. The van der Waals surface area contributed by atoms with E-state index in [4.69, 9.17) is 4.74 Å². The Bertz CT molecular complexity index is 330. The van der Waals surface area contributed by atoms with Crippen LogP contribution in [0.1, 0.15) is 27.2 Å². The first kappa shape index (κ1) is 13.5. The zero-order valence-electron chi connectivity index (χ0n) is 10.7. The van der Waals surface area contributed by atoms with Crippen molar-refractivity contribution in [3.05, 3.63) is 12.2 Å². The molecule has 1 aliphatic heterocycles. The van der Waals surface area contributed by atoms with Crippen LogP contribution in [0.3, 0.4) is 0 Å². The van der Waals surface area contributed by atoms with E-state index in [1.165, 1.54) is 12.0 Å². The highest BCUT2D eigenvalue weighted by Crippen LogP contribution is 2.17. The van der Waals surface area contributed by atoms with Crippen molar-refractivity contribution in [2.45, 2.75) is 38.8 Å². The van der Waals surface area contributed by atoms with E-state index in [0.717, 1.165) is 0 Å². The molecule has 0 radical (unpaired) electrons. The molecule has 0 saturated carbocycles. The Balaban J connectivity index is 2.76. The van der Waals surface area contributed by atoms with Gasteiger partial charge in [-0.2, -0.15) is 0 Å². The van der Waals surface area contributed by atoms with Gasteiger partial charge in [-0.15, -0.1) is 0 Å². The van der Waals surface area contributed by atoms with Gasteiger partial charge < -0.3 is 9.47 Å². The van der Waals surface area contributed by atoms with Crippen molar-refractivity contribution in [1.82, 2.24) is 4.90 Å². The van der Waals surface area contributed by atoms with Gasteiger partial charge in [0.1, 0.15) is 11.6 Å². The van der Waals surface area contributed by atoms with Crippen LogP contribution < -0.4 is 0 Å². The molecule has 0 N–H and O–H groups in total. The van der Waals surface area contributed by atoms with Gasteiger partial charge in [0.25, 0.3) is 0 Å². The molecule has 0 aliphatic carbocycles. The smallest absolute Gasteiger partial charge is 0.411 e. The van der Waals surface area contributed by atoms with Crippen LogP contribution in [0, 0.1) is 0 Å². The molecule has 1 rings (SSSR count). The van der Waals surface area contributed by atoms with Crippen LogP contribution in [0.2, 0.25) is 0 Å². The Morgan fingerprint density at radius 1 is 1.29 bits per heavy atom. The maximum Gasteiger partial charge on any atom is 0.411 e. The topological polar surface area (TPSA) is 55.8 Å². The van der Waals surface area contributed by atoms with Crippen LogP contribution in [0.25, 0.3) is 0 Å². The fourth-order valence-electron chi connectivity index (χ4n) is 1.55. The average molecular weight is 241 g/mol. The Labute approximate surface area is 101 Å². The normalized spacial score (nSPS) is 20.0. The highest BCUT2D eigenvalue weighted by atomic mass is 16.6. The molecule has 17 heavy (non-hydrogen) atoms. The van der Waals surface area contributed by atoms with E-state index >= 15 is 0 Å². The summed E-state index contributed by atoms with van der Waals surface area (Å²) < 4.78 is 9.93. The first-order chi connectivity index (χ1) is 7.85. The number of rotatable bonds is 1. The van der Waals surface area contributed by atoms with E-state index in [1.807, 2.05) is 12.2 Å². The lowest BCUT2D eigenvalue weighted by atomic mass is 10.1. The van der Waals surface area contributed by atoms with Gasteiger partial charge in [-0.05, 0) is 27.2 Å². The van der Waals surface area contributed by atoms with Crippen molar-refractivity contribution in [3.63, 3.8) is 0 Å². The molecule has 5 heteroatoms. The lowest BCUT2D eigenvalue weighted by Gasteiger charge is -2.32. The third kappa shape index (κ3) is 3.76. The molecule has 0 saturated heterocycles. The number of ether oxygens (including phenoxy) is 2. The monoisotopic (exact) mass is 241 g/mol. The Hall–Kier alpha value is -1.52. The predicted octanol–water partition coefficient (Wildman–Crippen LogP) is 1.72. The molecular weight excluding hydrogens is 222 g/mol. The number of amides is 1. The number of carbonyl (C=O) groups is 2. The second-order valence-electron chi connectivity index (χ2n) is 4.88. The Morgan fingerprint density at radius 3 is 2.47 bits per heavy atom. The quantitative estimate of drug-likeness (QED) is 0.518. The largest absolute Gasteiger partial charge is 0.467 e. The minimum absolute atomic E-state index is 0.370. The molecule has 0 aromatic rings. The summed E-state index contributed by atoms with van der Waals surface area (Å²) in [5.41, 5.74) is -0.571. The maximum atomic E-state index is 11.9. The van der Waals surface area contributed by atoms with E-state index in [2.05, 4.69) is 4.74 Å². The van der Waals surface area contributed by atoms with Gasteiger partial charge >= 0.3 is 12.1 Å². The van der Waals surface area contributed by atoms with Crippen molar-refractivity contribution >= 4 is 12.1 Å². The summed E-state index contributed by atoms with van der Waals surface area (Å²) >= 11 is 0. The van der Waals surface area contributed by atoms with Gasteiger partial charge in [-0.1, -0.05) is 12.2 Å². The second-order valence-corrected chi connectivity index (χ2v) is 4.88. The zero-order valence-corrected chi connectivity index (χ0v) is 10.7. The van der Waals surface area contributed by atoms with Crippen LogP contribution in [0.4, 0.5) is 4.79 Å². The molecule has 0 fully saturated rings. The minimum atomic E-state index is -0.583. The number of hydrogen-bond donors (Lipinski definition) is 0. The first-order valence-electron chi connectivity index (χ1n) is 5.57. The van der Waals surface area contributed by atoms with Crippen LogP contribution in [-0.4, -0.2) is 42.3 Å². The van der Waals surface area contributed by atoms with Gasteiger partial charge in [0.15, 0.2) is 0 Å². The predicted molar refractivity (Wildman–Crippen MR) is 62.5 cm³/mol. The molecule has 1 aliphatic rings. The summed E-state index contributed by atoms with van der Waals surface area (Å²) in [5.74, 6) is -0.416. The summed E-state index contributed by atoms with van der Waals surface area (Å²) in [7, 11) is 1.31. The summed E-state index contributed by atoms with van der Waals surface area (Å²) in [6.45, 7) is 5.74. The highest BCUT2D eigenvalue weighted by Gasteiger charge is 2.33. The standard InChI is InChI=1S/C12H19NO4/c1-12(2,3)17-11(15)13-8-6-5-7-9(13)10(14)16-4/h5-6,9H,7-8H2,1-4H3. The molecule has 1 atom stereocenters. The average Bonchev–Trinajstić information content (AvgIpc) is 2.25. The summed E-state index contributed by atoms with van der Waals surface area (Å²) in [5, 5.41) is 0. The summed E-state index contributed by atoms with van der Waals surface area (Å²) in [4.78, 5) is 24.8. The number of methoxy groups -OCH3 is 1. The van der Waals surface area contributed by atoms with Crippen molar-refractivity contribution < 1.29 is 19.1 Å². The Morgan fingerprint density at radius 2 is 1.94 bits per heavy atom. The molecule has 1 heterocycles. The van der Waals surface area contributed by atoms with Crippen molar-refractivity contribution in [2.24, 2.45) is 0 Å². The Kier molecular flexibility index (Phi) is 4.15. The number of nitrogens with zero attached hydrogens (tertiary/aromatic N) is 1. The van der Waals surface area contributed by atoms with Gasteiger partial charge in [-0.25, -0.2) is 9.59 Å². The molecular formula is C12H19NO4. The SMILES string of the molecule is COC(=O)C1CC=CCN1C(=O)OC(C)(C)C. The summed E-state index contributed by atoms with van der Waals surface area (Å²) in [6.07, 6.45) is 3.68.